The van der Waals surface area contributed by atoms with Gasteiger partial charge in [-0.15, -0.1) is 0 Å². The Bertz CT molecular complexity index is 1140. The molecule has 3 heterocycles. The number of carbonyl (C=O) groups excluding carboxylic acids is 1. The average molecular weight is 356 g/mol. The van der Waals surface area contributed by atoms with E-state index in [1.54, 1.807) is 0 Å². The third-order valence-corrected chi connectivity index (χ3v) is 5.35. The number of nitrogens with one attached hydrogen (secondary N) is 1. The topological polar surface area (TPSA) is 53.9 Å². The summed E-state index contributed by atoms with van der Waals surface area (Å²) in [5, 5.41) is 5.78. The van der Waals surface area contributed by atoms with Crippen molar-refractivity contribution >= 4 is 16.8 Å². The van der Waals surface area contributed by atoms with E-state index >= 15 is 0 Å². The Morgan fingerprint density at radius 3 is 2.78 bits per heavy atom. The van der Waals surface area contributed by atoms with Crippen LogP contribution < -0.4 is 0 Å². The highest BCUT2D eigenvalue weighted by atomic mass is 16.2. The average Bonchev–Trinajstić information content (AvgIpc) is 3.30. The fraction of sp³-hybridized carbons (Fsp3) is 0.182. The highest BCUT2D eigenvalue weighted by molar-refractivity contribution is 6.05. The van der Waals surface area contributed by atoms with Gasteiger partial charge < -0.3 is 9.88 Å². The second kappa shape index (κ2) is 6.13. The molecule has 1 N–H and O–H groups in total. The number of H-pyrrole nitrogens is 1. The monoisotopic (exact) mass is 356 g/mol. The second-order valence-corrected chi connectivity index (χ2v) is 6.99. The van der Waals surface area contributed by atoms with Crippen LogP contribution in [-0.2, 0) is 20.0 Å². The van der Waals surface area contributed by atoms with Crippen LogP contribution in [0, 0.1) is 0 Å². The van der Waals surface area contributed by atoms with E-state index in [0.29, 0.717) is 13.1 Å². The first-order chi connectivity index (χ1) is 13.2. The molecule has 5 heteroatoms. The summed E-state index contributed by atoms with van der Waals surface area (Å²) in [6.45, 7) is 1.25. The largest absolute Gasteiger partial charge is 0.361 e. The summed E-state index contributed by atoms with van der Waals surface area (Å²) in [5.41, 5.74) is 6.20. The number of nitrogens with zero attached hydrogens (tertiary/aromatic N) is 3. The highest BCUT2D eigenvalue weighted by Gasteiger charge is 2.28. The predicted octanol–water partition coefficient (Wildman–Crippen LogP) is 3.77. The number of aryl methyl sites for hydroxylation is 1. The number of carbonyl (C=O) groups is 1. The van der Waals surface area contributed by atoms with Crippen LogP contribution in [0.2, 0.25) is 0 Å². The van der Waals surface area contributed by atoms with Crippen LogP contribution in [0.5, 0.6) is 0 Å². The van der Waals surface area contributed by atoms with E-state index in [9.17, 15) is 4.79 Å². The molecular weight excluding hydrogens is 336 g/mol. The molecule has 0 atom stereocenters. The lowest BCUT2D eigenvalue weighted by molar-refractivity contribution is 0.0734. The smallest absolute Gasteiger partial charge is 0.256 e. The molecule has 1 aliphatic heterocycles. The molecule has 27 heavy (non-hydrogen) atoms. The molecule has 0 saturated carbocycles. The molecule has 1 aliphatic rings. The maximum atomic E-state index is 13.2. The van der Waals surface area contributed by atoms with Crippen molar-refractivity contribution in [2.45, 2.75) is 13.0 Å². The van der Waals surface area contributed by atoms with Crippen LogP contribution in [0.15, 0.2) is 60.8 Å². The molecular formula is C22H20N4O. The molecule has 4 aromatic rings. The van der Waals surface area contributed by atoms with Crippen LogP contribution >= 0.6 is 0 Å². The minimum atomic E-state index is 0.0561. The number of para-hydroxylation sites is 1. The van der Waals surface area contributed by atoms with Gasteiger partial charge in [-0.25, -0.2) is 0 Å². The number of benzene rings is 2. The minimum Gasteiger partial charge on any atom is -0.361 e. The van der Waals surface area contributed by atoms with Crippen molar-refractivity contribution in [1.29, 1.82) is 0 Å². The molecule has 2 aromatic carbocycles. The first kappa shape index (κ1) is 15.9. The zero-order chi connectivity index (χ0) is 18.4. The van der Waals surface area contributed by atoms with Gasteiger partial charge in [0.25, 0.3) is 5.91 Å². The van der Waals surface area contributed by atoms with E-state index in [2.05, 4.69) is 17.1 Å². The van der Waals surface area contributed by atoms with Gasteiger partial charge in [-0.1, -0.05) is 42.5 Å². The lowest BCUT2D eigenvalue weighted by atomic mass is 9.99. The molecule has 0 unspecified atom stereocenters. The summed E-state index contributed by atoms with van der Waals surface area (Å²) < 4.78 is 1.94. The van der Waals surface area contributed by atoms with Crippen molar-refractivity contribution in [3.63, 3.8) is 0 Å². The Morgan fingerprint density at radius 2 is 1.93 bits per heavy atom. The number of amides is 1. The van der Waals surface area contributed by atoms with E-state index in [1.807, 2.05) is 65.3 Å². The van der Waals surface area contributed by atoms with Gasteiger partial charge in [0.2, 0.25) is 0 Å². The Kier molecular flexibility index (Phi) is 3.60. The molecule has 0 saturated heterocycles. The molecule has 2 aromatic heterocycles. The van der Waals surface area contributed by atoms with Gasteiger partial charge >= 0.3 is 0 Å². The third-order valence-electron chi connectivity index (χ3n) is 5.35. The fourth-order valence-corrected chi connectivity index (χ4v) is 4.08. The van der Waals surface area contributed by atoms with Crippen molar-refractivity contribution in [2.75, 3.05) is 6.54 Å². The first-order valence-corrected chi connectivity index (χ1v) is 9.18. The number of hydrogen-bond donors (Lipinski definition) is 1. The van der Waals surface area contributed by atoms with Gasteiger partial charge in [-0.05, 0) is 18.6 Å². The zero-order valence-corrected chi connectivity index (χ0v) is 15.1. The normalized spacial score (nSPS) is 13.7. The molecule has 0 aliphatic carbocycles. The van der Waals surface area contributed by atoms with E-state index in [4.69, 9.17) is 5.10 Å². The molecule has 5 nitrogen and oxygen atoms in total. The number of aromatic nitrogens is 3. The Balaban J connectivity index is 1.49. The standard InChI is InChI=1S/C22H20N4O/c1-25-21(16-6-3-2-4-7-16)17-11-13-26(14-19(17)24-25)22(27)18-9-5-8-15-10-12-23-20(15)18/h2-10,12,23H,11,13-14H2,1H3. The lowest BCUT2D eigenvalue weighted by Crippen LogP contribution is -2.36. The summed E-state index contributed by atoms with van der Waals surface area (Å²) >= 11 is 0. The fourth-order valence-electron chi connectivity index (χ4n) is 4.08. The minimum absolute atomic E-state index is 0.0561. The van der Waals surface area contributed by atoms with Crippen LogP contribution in [-0.4, -0.2) is 32.1 Å². The van der Waals surface area contributed by atoms with Crippen LogP contribution in [0.25, 0.3) is 22.2 Å². The van der Waals surface area contributed by atoms with Gasteiger partial charge in [-0.3, -0.25) is 9.48 Å². The van der Waals surface area contributed by atoms with Crippen LogP contribution in [0.1, 0.15) is 21.6 Å². The van der Waals surface area contributed by atoms with Gasteiger partial charge in [0.1, 0.15) is 0 Å². The number of rotatable bonds is 2. The Labute approximate surface area is 157 Å². The van der Waals surface area contributed by atoms with Crippen molar-refractivity contribution < 1.29 is 4.79 Å². The van der Waals surface area contributed by atoms with Gasteiger partial charge in [0.05, 0.1) is 29.0 Å². The van der Waals surface area contributed by atoms with Gasteiger partial charge in [0, 0.05) is 36.3 Å². The van der Waals surface area contributed by atoms with E-state index in [1.165, 1.54) is 11.1 Å². The van der Waals surface area contributed by atoms with Crippen molar-refractivity contribution in [3.8, 4) is 11.3 Å². The maximum Gasteiger partial charge on any atom is 0.256 e. The SMILES string of the molecule is Cn1nc2c(c1-c1ccccc1)CCN(C(=O)c1cccc3cc[nH]c13)C2. The molecule has 0 bridgehead atoms. The first-order valence-electron chi connectivity index (χ1n) is 9.18. The zero-order valence-electron chi connectivity index (χ0n) is 15.1. The van der Waals surface area contributed by atoms with Gasteiger partial charge in [-0.2, -0.15) is 5.10 Å². The van der Waals surface area contributed by atoms with Crippen molar-refractivity contribution in [2.24, 2.45) is 7.05 Å². The maximum absolute atomic E-state index is 13.2. The molecule has 0 radical (unpaired) electrons. The Morgan fingerprint density at radius 1 is 1.07 bits per heavy atom. The van der Waals surface area contributed by atoms with Gasteiger partial charge in [0.15, 0.2) is 0 Å². The molecule has 0 spiro atoms. The van der Waals surface area contributed by atoms with Crippen LogP contribution in [0.4, 0.5) is 0 Å². The molecule has 1 amide bonds. The second-order valence-electron chi connectivity index (χ2n) is 6.99. The summed E-state index contributed by atoms with van der Waals surface area (Å²) in [6.07, 6.45) is 2.69. The summed E-state index contributed by atoms with van der Waals surface area (Å²) in [5.74, 6) is 0.0561. The van der Waals surface area contributed by atoms with E-state index in [0.717, 1.165) is 34.3 Å². The van der Waals surface area contributed by atoms with Crippen molar-refractivity contribution in [3.05, 3.63) is 77.6 Å². The quantitative estimate of drug-likeness (QED) is 0.594. The molecule has 5 rings (SSSR count). The van der Waals surface area contributed by atoms with E-state index in [-0.39, 0.29) is 5.91 Å². The Hall–Kier alpha value is -3.34. The van der Waals surface area contributed by atoms with Crippen LogP contribution in [0.3, 0.4) is 0 Å². The number of fused-ring (bicyclic) bond motifs is 2. The summed E-state index contributed by atoms with van der Waals surface area (Å²) in [6, 6.07) is 18.2. The van der Waals surface area contributed by atoms with E-state index < -0.39 is 0 Å². The third kappa shape index (κ3) is 2.54. The summed E-state index contributed by atoms with van der Waals surface area (Å²) in [4.78, 5) is 18.3. The molecule has 0 fully saturated rings. The number of aromatic amines is 1. The lowest BCUT2D eigenvalue weighted by Gasteiger charge is -2.27. The van der Waals surface area contributed by atoms with Crippen molar-refractivity contribution in [1.82, 2.24) is 19.7 Å². The number of hydrogen-bond acceptors (Lipinski definition) is 2. The predicted molar refractivity (Wildman–Crippen MR) is 105 cm³/mol. The summed E-state index contributed by atoms with van der Waals surface area (Å²) in [7, 11) is 1.98. The highest BCUT2D eigenvalue weighted by Crippen LogP contribution is 2.30. The molecule has 134 valence electrons.